The molecule has 1 saturated heterocycles. The second-order valence-corrected chi connectivity index (χ2v) is 7.47. The zero-order valence-corrected chi connectivity index (χ0v) is 18.0. The first-order chi connectivity index (χ1) is 14.9. The molecule has 31 heavy (non-hydrogen) atoms. The number of ether oxygens (including phenoxy) is 3. The summed E-state index contributed by atoms with van der Waals surface area (Å²) < 4.78 is 18.0. The molecule has 162 valence electrons. The predicted octanol–water partition coefficient (Wildman–Crippen LogP) is 3.63. The average Bonchev–Trinajstić information content (AvgIpc) is 3.39. The molecule has 0 bridgehead atoms. The maximum atomic E-state index is 12.4. The molecule has 3 rings (SSSR count). The van der Waals surface area contributed by atoms with Crippen molar-refractivity contribution in [2.75, 3.05) is 20.3 Å². The van der Waals surface area contributed by atoms with Crippen molar-refractivity contribution in [3.05, 3.63) is 58.4 Å². The minimum Gasteiger partial charge on any atom is -0.497 e. The Kier molecular flexibility index (Phi) is 7.27. The fourth-order valence-electron chi connectivity index (χ4n) is 3.61. The molecule has 2 heterocycles. The molecule has 0 aliphatic carbocycles. The molecule has 1 fully saturated rings. The monoisotopic (exact) mass is 422 g/mol. The second kappa shape index (κ2) is 10.1. The summed E-state index contributed by atoms with van der Waals surface area (Å²) in [6.45, 7) is 5.02. The van der Waals surface area contributed by atoms with Gasteiger partial charge in [0.25, 0.3) is 0 Å². The summed E-state index contributed by atoms with van der Waals surface area (Å²) in [5, 5.41) is 9.45. The number of rotatable bonds is 8. The molecule has 0 amide bonds. The van der Waals surface area contributed by atoms with E-state index in [1.807, 2.05) is 26.0 Å². The van der Waals surface area contributed by atoms with Gasteiger partial charge >= 0.3 is 5.97 Å². The quantitative estimate of drug-likeness (QED) is 0.279. The summed E-state index contributed by atoms with van der Waals surface area (Å²) in [4.78, 5) is 24.6. The number of esters is 1. The Balaban J connectivity index is 1.67. The van der Waals surface area contributed by atoms with E-state index in [1.165, 1.54) is 13.2 Å². The molecule has 1 aliphatic rings. The minimum atomic E-state index is -0.826. The standard InChI is InChI=1S/C24H26N2O5/c1-16-11-19(17(2)26(16)14-22-5-4-10-30-22)12-20(13-25)24(28)31-15-23(27)18-6-8-21(29-3)9-7-18/h6-9,11-12,22H,4-5,10,14-15H2,1-3H3/b20-12+/t22-/m0/s1. The third-order valence-electron chi connectivity index (χ3n) is 5.41. The van der Waals surface area contributed by atoms with Crippen molar-refractivity contribution < 1.29 is 23.8 Å². The smallest absolute Gasteiger partial charge is 0.349 e. The fraction of sp³-hybridized carbons (Fsp3) is 0.375. The van der Waals surface area contributed by atoms with E-state index in [1.54, 1.807) is 24.3 Å². The Labute approximate surface area is 181 Å². The molecule has 7 nitrogen and oxygen atoms in total. The van der Waals surface area contributed by atoms with Gasteiger partial charge in [-0.1, -0.05) is 0 Å². The molecule has 0 unspecified atom stereocenters. The van der Waals surface area contributed by atoms with Crippen LogP contribution in [0.15, 0.2) is 35.9 Å². The topological polar surface area (TPSA) is 90.5 Å². The number of carbonyl (C=O) groups excluding carboxylic acids is 2. The number of ketones is 1. The van der Waals surface area contributed by atoms with E-state index in [9.17, 15) is 14.9 Å². The van der Waals surface area contributed by atoms with Gasteiger partial charge in [-0.15, -0.1) is 0 Å². The third kappa shape index (κ3) is 5.41. The van der Waals surface area contributed by atoms with Crippen molar-refractivity contribution in [2.45, 2.75) is 39.3 Å². The number of nitrogens with zero attached hydrogens (tertiary/aromatic N) is 2. The highest BCUT2D eigenvalue weighted by Gasteiger charge is 2.20. The first kappa shape index (κ1) is 22.3. The number of benzene rings is 1. The van der Waals surface area contributed by atoms with Gasteiger partial charge in [-0.2, -0.15) is 5.26 Å². The van der Waals surface area contributed by atoms with Crippen LogP contribution >= 0.6 is 0 Å². The van der Waals surface area contributed by atoms with E-state index in [0.717, 1.165) is 42.9 Å². The summed E-state index contributed by atoms with van der Waals surface area (Å²) in [6, 6.07) is 10.3. The number of aryl methyl sites for hydroxylation is 1. The molecule has 0 spiro atoms. The number of Topliss-reactive ketones (excluding diaryl/α,β-unsaturated/α-hetero) is 1. The first-order valence-electron chi connectivity index (χ1n) is 10.2. The van der Waals surface area contributed by atoms with Crippen LogP contribution in [0.5, 0.6) is 5.75 Å². The highest BCUT2D eigenvalue weighted by atomic mass is 16.5. The zero-order chi connectivity index (χ0) is 22.4. The van der Waals surface area contributed by atoms with E-state index >= 15 is 0 Å². The lowest BCUT2D eigenvalue weighted by Crippen LogP contribution is -2.17. The number of aromatic nitrogens is 1. The number of nitriles is 1. The second-order valence-electron chi connectivity index (χ2n) is 7.47. The molecular weight excluding hydrogens is 396 g/mol. The highest BCUT2D eigenvalue weighted by Crippen LogP contribution is 2.22. The first-order valence-corrected chi connectivity index (χ1v) is 10.2. The molecule has 1 atom stereocenters. The van der Waals surface area contributed by atoms with Crippen molar-refractivity contribution in [1.29, 1.82) is 5.26 Å². The number of hydrogen-bond acceptors (Lipinski definition) is 6. The molecule has 1 aromatic heterocycles. The predicted molar refractivity (Wildman–Crippen MR) is 115 cm³/mol. The zero-order valence-electron chi connectivity index (χ0n) is 18.0. The van der Waals surface area contributed by atoms with Crippen LogP contribution in [0.3, 0.4) is 0 Å². The fourth-order valence-corrected chi connectivity index (χ4v) is 3.61. The van der Waals surface area contributed by atoms with E-state index in [0.29, 0.717) is 11.3 Å². The van der Waals surface area contributed by atoms with Gasteiger partial charge < -0.3 is 18.8 Å². The minimum absolute atomic E-state index is 0.153. The van der Waals surface area contributed by atoms with E-state index in [-0.39, 0.29) is 17.5 Å². The summed E-state index contributed by atoms with van der Waals surface area (Å²) in [5.74, 6) is -0.559. The molecule has 0 N–H and O–H groups in total. The van der Waals surface area contributed by atoms with Crippen molar-refractivity contribution in [2.24, 2.45) is 0 Å². The Hall–Kier alpha value is -3.37. The van der Waals surface area contributed by atoms with Crippen molar-refractivity contribution in [3.63, 3.8) is 0 Å². The lowest BCUT2D eigenvalue weighted by molar-refractivity contribution is -0.137. The summed E-state index contributed by atoms with van der Waals surface area (Å²) in [7, 11) is 1.54. The van der Waals surface area contributed by atoms with E-state index in [2.05, 4.69) is 4.57 Å². The van der Waals surface area contributed by atoms with Gasteiger partial charge in [0.05, 0.1) is 13.2 Å². The summed E-state index contributed by atoms with van der Waals surface area (Å²) >= 11 is 0. The Bertz CT molecular complexity index is 1020. The lowest BCUT2D eigenvalue weighted by Gasteiger charge is -2.14. The average molecular weight is 422 g/mol. The van der Waals surface area contributed by atoms with Crippen LogP contribution in [0, 0.1) is 25.2 Å². The SMILES string of the molecule is COc1ccc(C(=O)COC(=O)/C(C#N)=C/c2cc(C)n(C[C@@H]3CCCO3)c2C)cc1. The van der Waals surface area contributed by atoms with Crippen molar-refractivity contribution in [3.8, 4) is 11.8 Å². The van der Waals surface area contributed by atoms with Gasteiger partial charge in [-0.25, -0.2) is 4.79 Å². The number of carbonyl (C=O) groups is 2. The maximum Gasteiger partial charge on any atom is 0.349 e. The highest BCUT2D eigenvalue weighted by molar-refractivity contribution is 6.02. The Morgan fingerprint density at radius 1 is 1.29 bits per heavy atom. The van der Waals surface area contributed by atoms with Gasteiger partial charge in [-0.3, -0.25) is 4.79 Å². The molecule has 0 radical (unpaired) electrons. The maximum absolute atomic E-state index is 12.4. The molecule has 1 aliphatic heterocycles. The van der Waals surface area contributed by atoms with E-state index in [4.69, 9.17) is 14.2 Å². The van der Waals surface area contributed by atoms with Crippen LogP contribution < -0.4 is 4.74 Å². The van der Waals surface area contributed by atoms with Crippen LogP contribution in [-0.2, 0) is 20.8 Å². The number of methoxy groups -OCH3 is 1. The normalized spacial score (nSPS) is 16.1. The van der Waals surface area contributed by atoms with Gasteiger partial charge in [0.15, 0.2) is 12.4 Å². The van der Waals surface area contributed by atoms with Gasteiger partial charge in [0, 0.05) is 30.1 Å². The van der Waals surface area contributed by atoms with Crippen LogP contribution in [-0.4, -0.2) is 42.7 Å². The van der Waals surface area contributed by atoms with Gasteiger partial charge in [0.2, 0.25) is 0 Å². The molecule has 2 aromatic rings. The molecule has 1 aromatic carbocycles. The van der Waals surface area contributed by atoms with Gasteiger partial charge in [-0.05, 0) is 68.7 Å². The summed E-state index contributed by atoms with van der Waals surface area (Å²) in [5.41, 5.74) is 2.99. The summed E-state index contributed by atoms with van der Waals surface area (Å²) in [6.07, 6.45) is 3.79. The van der Waals surface area contributed by atoms with E-state index < -0.39 is 12.6 Å². The van der Waals surface area contributed by atoms with Gasteiger partial charge in [0.1, 0.15) is 17.4 Å². The largest absolute Gasteiger partial charge is 0.497 e. The van der Waals surface area contributed by atoms with Crippen LogP contribution in [0.2, 0.25) is 0 Å². The molecule has 0 saturated carbocycles. The molecular formula is C24H26N2O5. The Morgan fingerprint density at radius 2 is 2.03 bits per heavy atom. The lowest BCUT2D eigenvalue weighted by atomic mass is 10.1. The number of hydrogen-bond donors (Lipinski definition) is 0. The van der Waals surface area contributed by atoms with Crippen molar-refractivity contribution >= 4 is 17.8 Å². The Morgan fingerprint density at radius 3 is 2.65 bits per heavy atom. The third-order valence-corrected chi connectivity index (χ3v) is 5.41. The molecule has 7 heteroatoms. The van der Waals surface area contributed by atoms with Crippen LogP contribution in [0.4, 0.5) is 0 Å². The van der Waals surface area contributed by atoms with Crippen LogP contribution in [0.1, 0.15) is 40.2 Å². The van der Waals surface area contributed by atoms with Crippen molar-refractivity contribution in [1.82, 2.24) is 4.57 Å². The van der Waals surface area contributed by atoms with Crippen LogP contribution in [0.25, 0.3) is 6.08 Å².